The first-order valence-corrected chi connectivity index (χ1v) is 8.55. The van der Waals surface area contributed by atoms with E-state index in [1.807, 2.05) is 0 Å². The molecule has 3 N–H and O–H groups in total. The molecule has 0 bridgehead atoms. The fourth-order valence-electron chi connectivity index (χ4n) is 1.30. The number of unbranched alkanes of at least 4 members (excludes halogenated alkanes) is 1. The SMILES string of the molecule is NNC(=O)CCCCOc1c(I)cc(I)cc1I. The van der Waals surface area contributed by atoms with Crippen molar-refractivity contribution in [1.29, 1.82) is 0 Å². The second-order valence-electron chi connectivity index (χ2n) is 3.57. The molecule has 1 rings (SSSR count). The molecule has 0 saturated carbocycles. The minimum absolute atomic E-state index is 0.131. The lowest BCUT2D eigenvalue weighted by Crippen LogP contribution is -2.29. The molecule has 0 aliphatic rings. The standard InChI is InChI=1S/C11H13I3N2O2/c12-7-5-8(13)11(9(14)6-7)18-4-2-1-3-10(17)16-15/h5-6H,1-4,15H2,(H,16,17). The van der Waals surface area contributed by atoms with E-state index in [0.717, 1.165) is 25.7 Å². The van der Waals surface area contributed by atoms with Crippen molar-refractivity contribution in [3.8, 4) is 5.75 Å². The van der Waals surface area contributed by atoms with Crippen LogP contribution in [0.3, 0.4) is 0 Å². The molecule has 0 saturated heterocycles. The van der Waals surface area contributed by atoms with E-state index < -0.39 is 0 Å². The van der Waals surface area contributed by atoms with Crippen LogP contribution in [0.15, 0.2) is 12.1 Å². The van der Waals surface area contributed by atoms with Gasteiger partial charge in [0.1, 0.15) is 5.75 Å². The zero-order valence-electron chi connectivity index (χ0n) is 9.51. The monoisotopic (exact) mass is 586 g/mol. The van der Waals surface area contributed by atoms with Gasteiger partial charge in [0, 0.05) is 9.99 Å². The normalized spacial score (nSPS) is 10.2. The third-order valence-electron chi connectivity index (χ3n) is 2.17. The van der Waals surface area contributed by atoms with E-state index in [1.54, 1.807) is 0 Å². The molecule has 0 unspecified atom stereocenters. The number of hydrogen-bond donors (Lipinski definition) is 2. The quantitative estimate of drug-likeness (QED) is 0.177. The van der Waals surface area contributed by atoms with Crippen molar-refractivity contribution in [1.82, 2.24) is 5.43 Å². The van der Waals surface area contributed by atoms with Crippen molar-refractivity contribution in [2.24, 2.45) is 5.84 Å². The van der Waals surface area contributed by atoms with Gasteiger partial charge in [0.15, 0.2) is 0 Å². The number of nitrogens with two attached hydrogens (primary N) is 1. The number of benzene rings is 1. The number of nitrogens with one attached hydrogen (secondary N) is 1. The molecule has 1 aromatic rings. The van der Waals surface area contributed by atoms with Gasteiger partial charge in [-0.05, 0) is 92.7 Å². The lowest BCUT2D eigenvalue weighted by atomic mass is 10.2. The van der Waals surface area contributed by atoms with Crippen molar-refractivity contribution < 1.29 is 9.53 Å². The minimum Gasteiger partial charge on any atom is -0.491 e. The number of carbonyl (C=O) groups is 1. The fraction of sp³-hybridized carbons (Fsp3) is 0.364. The van der Waals surface area contributed by atoms with E-state index >= 15 is 0 Å². The fourth-order valence-corrected chi connectivity index (χ4v) is 5.19. The zero-order chi connectivity index (χ0) is 13.5. The summed E-state index contributed by atoms with van der Waals surface area (Å²) in [5.74, 6) is 5.80. The molecule has 0 heterocycles. The van der Waals surface area contributed by atoms with E-state index in [2.05, 4.69) is 85.3 Å². The zero-order valence-corrected chi connectivity index (χ0v) is 16.0. The van der Waals surface area contributed by atoms with Crippen molar-refractivity contribution in [3.05, 3.63) is 22.8 Å². The van der Waals surface area contributed by atoms with Crippen molar-refractivity contribution in [2.45, 2.75) is 19.3 Å². The summed E-state index contributed by atoms with van der Waals surface area (Å²) in [5, 5.41) is 0. The summed E-state index contributed by atoms with van der Waals surface area (Å²) < 4.78 is 9.19. The molecule has 0 aliphatic heterocycles. The van der Waals surface area contributed by atoms with E-state index in [4.69, 9.17) is 10.6 Å². The highest BCUT2D eigenvalue weighted by Crippen LogP contribution is 2.29. The number of carbonyl (C=O) groups excluding carboxylic acids is 1. The van der Waals surface area contributed by atoms with Crippen LogP contribution in [0.25, 0.3) is 0 Å². The molecule has 0 radical (unpaired) electrons. The molecule has 0 aliphatic carbocycles. The third kappa shape index (κ3) is 5.74. The summed E-state index contributed by atoms with van der Waals surface area (Å²) in [6.07, 6.45) is 2.06. The van der Waals surface area contributed by atoms with Gasteiger partial charge in [-0.15, -0.1) is 0 Å². The van der Waals surface area contributed by atoms with Crippen LogP contribution in [0.1, 0.15) is 19.3 Å². The summed E-state index contributed by atoms with van der Waals surface area (Å²) in [5.41, 5.74) is 2.12. The van der Waals surface area contributed by atoms with Crippen LogP contribution in [-0.4, -0.2) is 12.5 Å². The summed E-state index contributed by atoms with van der Waals surface area (Å²) in [7, 11) is 0. The summed E-state index contributed by atoms with van der Waals surface area (Å²) in [6, 6.07) is 4.17. The van der Waals surface area contributed by atoms with E-state index in [9.17, 15) is 4.79 Å². The molecular weight excluding hydrogens is 573 g/mol. The van der Waals surface area contributed by atoms with E-state index in [-0.39, 0.29) is 5.91 Å². The van der Waals surface area contributed by atoms with Gasteiger partial charge in [0.2, 0.25) is 5.91 Å². The number of amides is 1. The Morgan fingerprint density at radius 3 is 2.39 bits per heavy atom. The highest BCUT2D eigenvalue weighted by Gasteiger charge is 2.08. The first-order chi connectivity index (χ1) is 8.54. The second kappa shape index (κ2) is 8.74. The Balaban J connectivity index is 2.38. The van der Waals surface area contributed by atoms with Crippen LogP contribution >= 0.6 is 67.8 Å². The number of hydrazine groups is 1. The van der Waals surface area contributed by atoms with Crippen LogP contribution in [0.5, 0.6) is 5.75 Å². The van der Waals surface area contributed by atoms with E-state index in [0.29, 0.717) is 13.0 Å². The van der Waals surface area contributed by atoms with Crippen LogP contribution in [-0.2, 0) is 4.79 Å². The number of rotatable bonds is 6. The molecular formula is C11H13I3N2O2. The Bertz CT molecular complexity index is 404. The summed E-state index contributed by atoms with van der Waals surface area (Å²) in [4.78, 5) is 10.9. The lowest BCUT2D eigenvalue weighted by molar-refractivity contribution is -0.121. The maximum absolute atomic E-state index is 10.9. The summed E-state index contributed by atoms with van der Waals surface area (Å²) >= 11 is 6.84. The topological polar surface area (TPSA) is 64.3 Å². The first kappa shape index (κ1) is 16.7. The molecule has 0 fully saturated rings. The Morgan fingerprint density at radius 2 is 1.83 bits per heavy atom. The third-order valence-corrected chi connectivity index (χ3v) is 4.39. The number of hydrogen-bond acceptors (Lipinski definition) is 3. The van der Waals surface area contributed by atoms with Gasteiger partial charge in [0.25, 0.3) is 0 Å². The minimum atomic E-state index is -0.131. The molecule has 100 valence electrons. The molecule has 7 heteroatoms. The Hall–Kier alpha value is 0.640. The van der Waals surface area contributed by atoms with Crippen LogP contribution in [0.2, 0.25) is 0 Å². The Morgan fingerprint density at radius 1 is 1.22 bits per heavy atom. The smallest absolute Gasteiger partial charge is 0.233 e. The van der Waals surface area contributed by atoms with Gasteiger partial charge in [-0.25, -0.2) is 5.84 Å². The van der Waals surface area contributed by atoms with Gasteiger partial charge in [0.05, 0.1) is 13.7 Å². The molecule has 4 nitrogen and oxygen atoms in total. The van der Waals surface area contributed by atoms with Crippen molar-refractivity contribution >= 4 is 73.7 Å². The highest BCUT2D eigenvalue weighted by atomic mass is 127. The summed E-state index contributed by atoms with van der Waals surface area (Å²) in [6.45, 7) is 0.616. The second-order valence-corrected chi connectivity index (χ2v) is 7.14. The van der Waals surface area contributed by atoms with Crippen LogP contribution in [0.4, 0.5) is 0 Å². The van der Waals surface area contributed by atoms with Gasteiger partial charge < -0.3 is 4.74 Å². The van der Waals surface area contributed by atoms with Gasteiger partial charge in [-0.3, -0.25) is 10.2 Å². The average Bonchev–Trinajstić information content (AvgIpc) is 2.31. The highest BCUT2D eigenvalue weighted by molar-refractivity contribution is 14.1. The lowest BCUT2D eigenvalue weighted by Gasteiger charge is -2.10. The molecule has 0 atom stereocenters. The van der Waals surface area contributed by atoms with Gasteiger partial charge in [-0.1, -0.05) is 0 Å². The van der Waals surface area contributed by atoms with E-state index in [1.165, 1.54) is 3.57 Å². The van der Waals surface area contributed by atoms with Gasteiger partial charge in [-0.2, -0.15) is 0 Å². The van der Waals surface area contributed by atoms with Gasteiger partial charge >= 0.3 is 0 Å². The molecule has 1 aromatic carbocycles. The maximum atomic E-state index is 10.9. The van der Waals surface area contributed by atoms with Crippen LogP contribution < -0.4 is 16.0 Å². The predicted octanol–water partition coefficient (Wildman–Crippen LogP) is 3.04. The number of ether oxygens (including phenoxy) is 1. The Kier molecular flexibility index (Phi) is 8.11. The Labute approximate surface area is 147 Å². The van der Waals surface area contributed by atoms with Crippen LogP contribution in [0, 0.1) is 10.7 Å². The van der Waals surface area contributed by atoms with Crippen molar-refractivity contribution in [3.63, 3.8) is 0 Å². The largest absolute Gasteiger partial charge is 0.491 e. The maximum Gasteiger partial charge on any atom is 0.233 e. The number of halogens is 3. The predicted molar refractivity (Wildman–Crippen MR) is 96.3 cm³/mol. The molecule has 1 amide bonds. The molecule has 0 spiro atoms. The molecule has 18 heavy (non-hydrogen) atoms. The molecule has 0 aromatic heterocycles. The average molecular weight is 586 g/mol. The first-order valence-electron chi connectivity index (χ1n) is 5.31. The van der Waals surface area contributed by atoms with Crippen molar-refractivity contribution in [2.75, 3.05) is 6.61 Å².